The van der Waals surface area contributed by atoms with Crippen LogP contribution >= 0.6 is 0 Å². The van der Waals surface area contributed by atoms with Gasteiger partial charge in [-0.1, -0.05) is 35.9 Å². The molecule has 4 aromatic rings. The van der Waals surface area contributed by atoms with E-state index < -0.39 is 0 Å². The molecule has 0 spiro atoms. The van der Waals surface area contributed by atoms with E-state index >= 15 is 0 Å². The highest BCUT2D eigenvalue weighted by Gasteiger charge is 2.34. The SMILES string of the molecule is Cc1ccc(N2CC(c3nc4ccccc4n3CCOc3ccc(C)c(C)c3)CC2=O)cc1. The predicted molar refractivity (Wildman–Crippen MR) is 132 cm³/mol. The van der Waals surface area contributed by atoms with Gasteiger partial charge < -0.3 is 14.2 Å². The second kappa shape index (κ2) is 8.74. The zero-order chi connectivity index (χ0) is 22.9. The number of carbonyl (C=O) groups excluding carboxylic acids is 1. The van der Waals surface area contributed by atoms with Gasteiger partial charge in [0, 0.05) is 24.6 Å². The zero-order valence-corrected chi connectivity index (χ0v) is 19.4. The van der Waals surface area contributed by atoms with Crippen LogP contribution in [-0.4, -0.2) is 28.6 Å². The van der Waals surface area contributed by atoms with Crippen LogP contribution in [0.25, 0.3) is 11.0 Å². The molecule has 1 amide bonds. The number of benzene rings is 3. The van der Waals surface area contributed by atoms with E-state index in [9.17, 15) is 4.79 Å². The van der Waals surface area contributed by atoms with Crippen molar-refractivity contribution in [3.05, 3.63) is 89.2 Å². The molecular formula is C28H29N3O2. The van der Waals surface area contributed by atoms with Gasteiger partial charge in [0.05, 0.1) is 17.6 Å². The van der Waals surface area contributed by atoms with Crippen LogP contribution in [0.15, 0.2) is 66.7 Å². The van der Waals surface area contributed by atoms with Gasteiger partial charge >= 0.3 is 0 Å². The molecule has 33 heavy (non-hydrogen) atoms. The Balaban J connectivity index is 1.39. The van der Waals surface area contributed by atoms with Gasteiger partial charge in [-0.25, -0.2) is 4.98 Å². The van der Waals surface area contributed by atoms with E-state index in [1.807, 2.05) is 41.3 Å². The maximum atomic E-state index is 12.9. The average Bonchev–Trinajstić information content (AvgIpc) is 3.37. The standard InChI is InChI=1S/C28H29N3O2/c1-19-8-11-23(12-9-19)31-18-22(17-27(31)32)28-29-25-6-4-5-7-26(25)30(28)14-15-33-24-13-10-20(2)21(3)16-24/h4-13,16,22H,14-15,17-18H2,1-3H3. The van der Waals surface area contributed by atoms with Gasteiger partial charge in [0.25, 0.3) is 0 Å². The molecular weight excluding hydrogens is 410 g/mol. The van der Waals surface area contributed by atoms with Crippen LogP contribution in [0.4, 0.5) is 5.69 Å². The van der Waals surface area contributed by atoms with Crippen molar-refractivity contribution in [1.82, 2.24) is 9.55 Å². The first-order chi connectivity index (χ1) is 16.0. The van der Waals surface area contributed by atoms with E-state index in [-0.39, 0.29) is 11.8 Å². The molecule has 0 aliphatic carbocycles. The van der Waals surface area contributed by atoms with Gasteiger partial charge in [-0.3, -0.25) is 4.79 Å². The number of carbonyl (C=O) groups is 1. The highest BCUT2D eigenvalue weighted by atomic mass is 16.5. The number of hydrogen-bond donors (Lipinski definition) is 0. The van der Waals surface area contributed by atoms with E-state index in [2.05, 4.69) is 55.7 Å². The normalized spacial score (nSPS) is 16.0. The fraction of sp³-hybridized carbons (Fsp3) is 0.286. The van der Waals surface area contributed by atoms with Gasteiger partial charge in [-0.15, -0.1) is 0 Å². The number of aryl methyl sites for hydroxylation is 3. The summed E-state index contributed by atoms with van der Waals surface area (Å²) in [6, 6.07) is 22.5. The summed E-state index contributed by atoms with van der Waals surface area (Å²) in [6.07, 6.45) is 0.467. The molecule has 1 aromatic heterocycles. The van der Waals surface area contributed by atoms with Crippen molar-refractivity contribution >= 4 is 22.6 Å². The minimum Gasteiger partial charge on any atom is -0.492 e. The minimum absolute atomic E-state index is 0.0489. The lowest BCUT2D eigenvalue weighted by molar-refractivity contribution is -0.117. The fourth-order valence-corrected chi connectivity index (χ4v) is 4.55. The first-order valence-corrected chi connectivity index (χ1v) is 11.5. The maximum absolute atomic E-state index is 12.9. The number of amides is 1. The van der Waals surface area contributed by atoms with Crippen molar-refractivity contribution < 1.29 is 9.53 Å². The van der Waals surface area contributed by atoms with Crippen molar-refractivity contribution in [2.45, 2.75) is 39.7 Å². The largest absolute Gasteiger partial charge is 0.492 e. The number of rotatable bonds is 6. The minimum atomic E-state index is 0.0489. The molecule has 0 bridgehead atoms. The van der Waals surface area contributed by atoms with Crippen molar-refractivity contribution in [2.24, 2.45) is 0 Å². The van der Waals surface area contributed by atoms with Crippen LogP contribution in [0.1, 0.15) is 34.9 Å². The predicted octanol–water partition coefficient (Wildman–Crippen LogP) is 5.56. The van der Waals surface area contributed by atoms with Gasteiger partial charge in [0.2, 0.25) is 5.91 Å². The summed E-state index contributed by atoms with van der Waals surface area (Å²) in [5.41, 5.74) is 6.66. The molecule has 1 aliphatic rings. The van der Waals surface area contributed by atoms with E-state index in [1.54, 1.807) is 0 Å². The average molecular weight is 440 g/mol. The zero-order valence-electron chi connectivity index (χ0n) is 19.4. The van der Waals surface area contributed by atoms with E-state index in [0.29, 0.717) is 26.1 Å². The Kier molecular flexibility index (Phi) is 5.63. The van der Waals surface area contributed by atoms with Gasteiger partial charge in [-0.2, -0.15) is 0 Å². The highest BCUT2D eigenvalue weighted by molar-refractivity contribution is 5.96. The molecule has 0 saturated carbocycles. The third kappa shape index (κ3) is 4.23. The van der Waals surface area contributed by atoms with Crippen LogP contribution in [-0.2, 0) is 11.3 Å². The van der Waals surface area contributed by atoms with Crippen molar-refractivity contribution in [1.29, 1.82) is 0 Å². The topological polar surface area (TPSA) is 47.4 Å². The molecule has 0 radical (unpaired) electrons. The number of nitrogens with zero attached hydrogens (tertiary/aromatic N) is 3. The Hall–Kier alpha value is -3.60. The lowest BCUT2D eigenvalue weighted by Crippen LogP contribution is -2.24. The molecule has 1 fully saturated rings. The summed E-state index contributed by atoms with van der Waals surface area (Å²) >= 11 is 0. The van der Waals surface area contributed by atoms with Crippen molar-refractivity contribution in [3.8, 4) is 5.75 Å². The molecule has 1 aliphatic heterocycles. The smallest absolute Gasteiger partial charge is 0.227 e. The Bertz CT molecular complexity index is 1310. The summed E-state index contributed by atoms with van der Waals surface area (Å²) in [4.78, 5) is 19.7. The highest BCUT2D eigenvalue weighted by Crippen LogP contribution is 2.33. The number of ether oxygens (including phenoxy) is 1. The van der Waals surface area contributed by atoms with E-state index in [4.69, 9.17) is 9.72 Å². The Morgan fingerprint density at radius 1 is 0.970 bits per heavy atom. The molecule has 168 valence electrons. The van der Waals surface area contributed by atoms with Gasteiger partial charge in [-0.05, 0) is 68.3 Å². The first-order valence-electron chi connectivity index (χ1n) is 11.5. The molecule has 1 saturated heterocycles. The lowest BCUT2D eigenvalue weighted by Gasteiger charge is -2.18. The Labute approximate surface area is 194 Å². The maximum Gasteiger partial charge on any atom is 0.227 e. The third-order valence-electron chi connectivity index (χ3n) is 6.58. The summed E-state index contributed by atoms with van der Waals surface area (Å²) in [6.45, 7) is 8.12. The van der Waals surface area contributed by atoms with Gasteiger partial charge in [0.1, 0.15) is 18.2 Å². The number of hydrogen-bond acceptors (Lipinski definition) is 3. The lowest BCUT2D eigenvalue weighted by atomic mass is 10.1. The summed E-state index contributed by atoms with van der Waals surface area (Å²) < 4.78 is 8.31. The summed E-state index contributed by atoms with van der Waals surface area (Å²) in [7, 11) is 0. The van der Waals surface area contributed by atoms with Gasteiger partial charge in [0.15, 0.2) is 0 Å². The third-order valence-corrected chi connectivity index (χ3v) is 6.58. The molecule has 5 heteroatoms. The molecule has 3 aromatic carbocycles. The monoisotopic (exact) mass is 439 g/mol. The molecule has 0 N–H and O–H groups in total. The van der Waals surface area contributed by atoms with E-state index in [1.165, 1.54) is 16.7 Å². The number of fused-ring (bicyclic) bond motifs is 1. The number of imidazole rings is 1. The van der Waals surface area contributed by atoms with Crippen LogP contribution in [0.2, 0.25) is 0 Å². The molecule has 1 unspecified atom stereocenters. The summed E-state index contributed by atoms with van der Waals surface area (Å²) in [5.74, 6) is 2.04. The second-order valence-electron chi connectivity index (χ2n) is 8.95. The first kappa shape index (κ1) is 21.3. The van der Waals surface area contributed by atoms with Crippen molar-refractivity contribution in [2.75, 3.05) is 18.1 Å². The van der Waals surface area contributed by atoms with Crippen LogP contribution in [0.5, 0.6) is 5.75 Å². The van der Waals surface area contributed by atoms with Crippen molar-refractivity contribution in [3.63, 3.8) is 0 Å². The molecule has 2 heterocycles. The number of aromatic nitrogens is 2. The van der Waals surface area contributed by atoms with Crippen LogP contribution in [0.3, 0.4) is 0 Å². The Morgan fingerprint density at radius 2 is 1.76 bits per heavy atom. The molecule has 1 atom stereocenters. The Morgan fingerprint density at radius 3 is 2.55 bits per heavy atom. The van der Waals surface area contributed by atoms with Crippen LogP contribution in [0, 0.1) is 20.8 Å². The fourth-order valence-electron chi connectivity index (χ4n) is 4.55. The summed E-state index contributed by atoms with van der Waals surface area (Å²) in [5, 5.41) is 0. The second-order valence-corrected chi connectivity index (χ2v) is 8.95. The molecule has 5 rings (SSSR count). The molecule has 5 nitrogen and oxygen atoms in total. The number of anilines is 1. The van der Waals surface area contributed by atoms with Crippen LogP contribution < -0.4 is 9.64 Å². The quantitative estimate of drug-likeness (QED) is 0.395. The van der Waals surface area contributed by atoms with E-state index in [0.717, 1.165) is 28.3 Å². The number of para-hydroxylation sites is 2.